The van der Waals surface area contributed by atoms with E-state index in [2.05, 4.69) is 30.9 Å². The Morgan fingerprint density at radius 2 is 1.53 bits per heavy atom. The number of carbonyl (C=O) groups is 1. The number of halogens is 1. The van der Waals surface area contributed by atoms with Gasteiger partial charge in [-0.05, 0) is 48.5 Å². The van der Waals surface area contributed by atoms with Crippen LogP contribution in [0.25, 0.3) is 0 Å². The second-order valence-corrected chi connectivity index (χ2v) is 6.60. The molecule has 8 nitrogen and oxygen atoms in total. The summed E-state index contributed by atoms with van der Waals surface area (Å²) < 4.78 is 18.7. The quantitative estimate of drug-likeness (QED) is 0.378. The first-order valence-corrected chi connectivity index (χ1v) is 9.70. The summed E-state index contributed by atoms with van der Waals surface area (Å²) in [5, 5.41) is 8.98. The number of hydrogen-bond acceptors (Lipinski definition) is 7. The highest BCUT2D eigenvalue weighted by molar-refractivity contribution is 5.92. The first kappa shape index (κ1) is 20.7. The topological polar surface area (TPSA) is 101 Å². The summed E-state index contributed by atoms with van der Waals surface area (Å²) in [5.41, 5.74) is 1.35. The van der Waals surface area contributed by atoms with E-state index in [1.54, 1.807) is 48.7 Å². The zero-order chi connectivity index (χ0) is 22.2. The van der Waals surface area contributed by atoms with Crippen LogP contribution in [0.5, 0.6) is 5.75 Å². The van der Waals surface area contributed by atoms with Crippen LogP contribution in [0, 0.1) is 5.82 Å². The Balaban J connectivity index is 1.31. The fourth-order valence-electron chi connectivity index (χ4n) is 2.75. The number of para-hydroxylation sites is 1. The van der Waals surface area contributed by atoms with E-state index >= 15 is 0 Å². The molecule has 0 saturated carbocycles. The van der Waals surface area contributed by atoms with Crippen molar-refractivity contribution < 1.29 is 13.9 Å². The monoisotopic (exact) mass is 430 g/mol. The molecule has 0 aliphatic heterocycles. The van der Waals surface area contributed by atoms with Gasteiger partial charge in [-0.15, -0.1) is 0 Å². The highest BCUT2D eigenvalue weighted by Crippen LogP contribution is 2.20. The van der Waals surface area contributed by atoms with Crippen LogP contribution in [-0.4, -0.2) is 27.5 Å². The van der Waals surface area contributed by atoms with Gasteiger partial charge >= 0.3 is 0 Å². The Hall–Kier alpha value is -4.53. The lowest BCUT2D eigenvalue weighted by molar-refractivity contribution is -0.118. The molecule has 0 saturated heterocycles. The van der Waals surface area contributed by atoms with Gasteiger partial charge in [0.1, 0.15) is 23.8 Å². The first-order valence-electron chi connectivity index (χ1n) is 9.70. The summed E-state index contributed by atoms with van der Waals surface area (Å²) in [5.74, 6) is 0.988. The van der Waals surface area contributed by atoms with Crippen LogP contribution in [0.3, 0.4) is 0 Å². The molecule has 3 N–H and O–H groups in total. The molecule has 0 spiro atoms. The van der Waals surface area contributed by atoms with Crippen molar-refractivity contribution in [1.29, 1.82) is 0 Å². The minimum atomic E-state index is -0.515. The molecule has 0 atom stereocenters. The van der Waals surface area contributed by atoms with Gasteiger partial charge in [-0.25, -0.2) is 19.3 Å². The average molecular weight is 430 g/mol. The van der Waals surface area contributed by atoms with Gasteiger partial charge in [-0.1, -0.05) is 18.2 Å². The maximum absolute atomic E-state index is 13.5. The largest absolute Gasteiger partial charge is 0.481 e. The Labute approximate surface area is 183 Å². The number of aromatic nitrogens is 3. The lowest BCUT2D eigenvalue weighted by Crippen LogP contribution is -2.20. The Bertz CT molecular complexity index is 1190. The number of nitrogens with zero attached hydrogens (tertiary/aromatic N) is 3. The summed E-state index contributed by atoms with van der Waals surface area (Å²) in [7, 11) is 0. The molecule has 0 unspecified atom stereocenters. The highest BCUT2D eigenvalue weighted by atomic mass is 19.1. The number of benzene rings is 2. The molecule has 0 aliphatic carbocycles. The van der Waals surface area contributed by atoms with Crippen molar-refractivity contribution in [3.63, 3.8) is 0 Å². The molecule has 4 rings (SSSR count). The minimum Gasteiger partial charge on any atom is -0.481 e. The third-order valence-electron chi connectivity index (χ3n) is 4.22. The summed E-state index contributed by atoms with van der Waals surface area (Å²) in [6.07, 6.45) is 3.13. The van der Waals surface area contributed by atoms with E-state index in [9.17, 15) is 9.18 Å². The molecule has 2 heterocycles. The van der Waals surface area contributed by atoms with Gasteiger partial charge in [0.2, 0.25) is 0 Å². The van der Waals surface area contributed by atoms with Crippen LogP contribution in [0.4, 0.5) is 33.2 Å². The van der Waals surface area contributed by atoms with Gasteiger partial charge in [-0.3, -0.25) is 4.79 Å². The number of ether oxygens (including phenoxy) is 1. The SMILES string of the molecule is O=C(COc1ccccc1F)Nc1ccc(Nc2cc(Nc3ccccn3)ncn2)cc1. The molecule has 9 heteroatoms. The standard InChI is InChI=1S/C23H19FN6O2/c24-18-5-1-2-6-19(18)32-14-23(31)29-17-10-8-16(9-11-17)28-21-13-22(27-15-26-21)30-20-7-3-4-12-25-20/h1-13,15H,14H2,(H,29,31)(H2,25,26,27,28,30). The number of pyridine rings is 1. The first-order chi connectivity index (χ1) is 15.7. The van der Waals surface area contributed by atoms with Gasteiger partial charge in [-0.2, -0.15) is 0 Å². The van der Waals surface area contributed by atoms with E-state index in [1.807, 2.05) is 18.2 Å². The van der Waals surface area contributed by atoms with E-state index in [-0.39, 0.29) is 12.4 Å². The fraction of sp³-hybridized carbons (Fsp3) is 0.0435. The van der Waals surface area contributed by atoms with Crippen molar-refractivity contribution in [3.8, 4) is 5.75 Å². The van der Waals surface area contributed by atoms with Crippen molar-refractivity contribution in [3.05, 3.63) is 91.1 Å². The summed E-state index contributed by atoms with van der Waals surface area (Å²) in [6, 6.07) is 20.3. The maximum Gasteiger partial charge on any atom is 0.262 e. The third-order valence-corrected chi connectivity index (χ3v) is 4.22. The molecule has 0 fully saturated rings. The summed E-state index contributed by atoms with van der Waals surface area (Å²) >= 11 is 0. The highest BCUT2D eigenvalue weighted by Gasteiger charge is 2.07. The van der Waals surface area contributed by atoms with Gasteiger partial charge in [0.15, 0.2) is 18.2 Å². The Morgan fingerprint density at radius 1 is 0.812 bits per heavy atom. The van der Waals surface area contributed by atoms with Crippen LogP contribution in [-0.2, 0) is 4.79 Å². The van der Waals surface area contributed by atoms with Crippen molar-refractivity contribution in [2.75, 3.05) is 22.6 Å². The lowest BCUT2D eigenvalue weighted by atomic mass is 10.2. The molecular weight excluding hydrogens is 411 g/mol. The summed E-state index contributed by atoms with van der Waals surface area (Å²) in [4.78, 5) is 24.6. The van der Waals surface area contributed by atoms with Crippen molar-refractivity contribution >= 4 is 34.7 Å². The molecule has 0 radical (unpaired) electrons. The van der Waals surface area contributed by atoms with E-state index in [0.717, 1.165) is 5.69 Å². The number of carbonyl (C=O) groups excluding carboxylic acids is 1. The van der Waals surface area contributed by atoms with Gasteiger partial charge in [0.05, 0.1) is 0 Å². The molecule has 4 aromatic rings. The number of amides is 1. The third kappa shape index (κ3) is 5.76. The second-order valence-electron chi connectivity index (χ2n) is 6.60. The van der Waals surface area contributed by atoms with Crippen LogP contribution < -0.4 is 20.7 Å². The molecule has 0 aliphatic rings. The van der Waals surface area contributed by atoms with Gasteiger partial charge in [0, 0.05) is 23.6 Å². The molecular formula is C23H19FN6O2. The predicted molar refractivity (Wildman–Crippen MR) is 120 cm³/mol. The number of rotatable bonds is 8. The van der Waals surface area contributed by atoms with Crippen molar-refractivity contribution in [2.24, 2.45) is 0 Å². The van der Waals surface area contributed by atoms with E-state index in [4.69, 9.17) is 4.74 Å². The zero-order valence-electron chi connectivity index (χ0n) is 16.8. The maximum atomic E-state index is 13.5. The van der Waals surface area contributed by atoms with Gasteiger partial charge < -0.3 is 20.7 Å². The number of nitrogens with one attached hydrogen (secondary N) is 3. The molecule has 1 amide bonds. The molecule has 160 valence electrons. The minimum absolute atomic E-state index is 0.0314. The van der Waals surface area contributed by atoms with E-state index in [0.29, 0.717) is 23.1 Å². The zero-order valence-corrected chi connectivity index (χ0v) is 16.8. The second kappa shape index (κ2) is 9.98. The molecule has 0 bridgehead atoms. The Morgan fingerprint density at radius 3 is 2.28 bits per heavy atom. The number of anilines is 5. The average Bonchev–Trinajstić information content (AvgIpc) is 2.81. The van der Waals surface area contributed by atoms with Crippen LogP contribution in [0.15, 0.2) is 85.3 Å². The fourth-order valence-corrected chi connectivity index (χ4v) is 2.75. The van der Waals surface area contributed by atoms with Crippen molar-refractivity contribution in [1.82, 2.24) is 15.0 Å². The van der Waals surface area contributed by atoms with Crippen LogP contribution >= 0.6 is 0 Å². The van der Waals surface area contributed by atoms with E-state index < -0.39 is 11.7 Å². The van der Waals surface area contributed by atoms with Crippen LogP contribution in [0.1, 0.15) is 0 Å². The predicted octanol–water partition coefficient (Wildman–Crippen LogP) is 4.52. The smallest absolute Gasteiger partial charge is 0.262 e. The van der Waals surface area contributed by atoms with E-state index in [1.165, 1.54) is 18.5 Å². The summed E-state index contributed by atoms with van der Waals surface area (Å²) in [6.45, 7) is -0.298. The lowest BCUT2D eigenvalue weighted by Gasteiger charge is -2.10. The van der Waals surface area contributed by atoms with Gasteiger partial charge in [0.25, 0.3) is 5.91 Å². The Kier molecular flexibility index (Phi) is 6.47. The molecule has 2 aromatic carbocycles. The normalized spacial score (nSPS) is 10.3. The van der Waals surface area contributed by atoms with Crippen molar-refractivity contribution in [2.45, 2.75) is 0 Å². The number of hydrogen-bond donors (Lipinski definition) is 3. The molecule has 2 aromatic heterocycles. The van der Waals surface area contributed by atoms with Crippen LogP contribution in [0.2, 0.25) is 0 Å². The molecule has 32 heavy (non-hydrogen) atoms.